The third-order valence-corrected chi connectivity index (χ3v) is 3.25. The monoisotopic (exact) mass is 343 g/mol. The van der Waals surface area contributed by atoms with Gasteiger partial charge in [-0.2, -0.15) is 9.78 Å². The second-order valence-electron chi connectivity index (χ2n) is 5.20. The number of hydrogen-bond acceptors (Lipinski definition) is 6. The molecule has 0 fully saturated rings. The Bertz CT molecular complexity index is 926. The minimum atomic E-state index is -0.344. The van der Waals surface area contributed by atoms with Crippen LogP contribution in [0.15, 0.2) is 39.7 Å². The first-order valence-electron chi connectivity index (χ1n) is 7.66. The van der Waals surface area contributed by atoms with Gasteiger partial charge >= 0.3 is 0 Å². The highest BCUT2D eigenvalue weighted by atomic mass is 16.5. The number of rotatable bonds is 6. The number of aromatic amines is 1. The van der Waals surface area contributed by atoms with Crippen molar-refractivity contribution in [2.24, 2.45) is 0 Å². The molecule has 0 saturated carbocycles. The van der Waals surface area contributed by atoms with Gasteiger partial charge in [-0.3, -0.25) is 14.6 Å². The fourth-order valence-corrected chi connectivity index (χ4v) is 2.21. The zero-order valence-corrected chi connectivity index (χ0v) is 13.8. The van der Waals surface area contributed by atoms with Crippen molar-refractivity contribution in [1.29, 1.82) is 0 Å². The maximum absolute atomic E-state index is 12.0. The van der Waals surface area contributed by atoms with E-state index in [9.17, 15) is 9.59 Å². The van der Waals surface area contributed by atoms with Crippen LogP contribution in [0.2, 0.25) is 0 Å². The Morgan fingerprint density at radius 1 is 1.44 bits per heavy atom. The lowest BCUT2D eigenvalue weighted by Crippen LogP contribution is -2.21. The van der Waals surface area contributed by atoms with Gasteiger partial charge in [0, 0.05) is 24.4 Å². The number of ether oxygens (including phenoxy) is 1. The average molecular weight is 343 g/mol. The predicted molar refractivity (Wildman–Crippen MR) is 89.5 cm³/mol. The van der Waals surface area contributed by atoms with Gasteiger partial charge in [0.25, 0.3) is 11.5 Å². The summed E-state index contributed by atoms with van der Waals surface area (Å²) in [5, 5.41) is 7.07. The van der Waals surface area contributed by atoms with Gasteiger partial charge < -0.3 is 14.5 Å². The van der Waals surface area contributed by atoms with Gasteiger partial charge in [0.15, 0.2) is 5.76 Å². The number of hydrogen-bond donors (Lipinski definition) is 2. The van der Waals surface area contributed by atoms with Crippen LogP contribution in [0, 0.1) is 6.92 Å². The highest BCUT2D eigenvalue weighted by Gasteiger charge is 2.16. The van der Waals surface area contributed by atoms with Crippen molar-refractivity contribution in [3.05, 3.63) is 46.6 Å². The van der Waals surface area contributed by atoms with Gasteiger partial charge in [-0.1, -0.05) is 0 Å². The first-order chi connectivity index (χ1) is 12.1. The molecule has 25 heavy (non-hydrogen) atoms. The minimum Gasteiger partial charge on any atom is -0.463 e. The molecule has 0 radical (unpaired) electrons. The summed E-state index contributed by atoms with van der Waals surface area (Å²) in [7, 11) is 0. The van der Waals surface area contributed by atoms with E-state index in [1.807, 2.05) is 0 Å². The summed E-state index contributed by atoms with van der Waals surface area (Å²) in [4.78, 5) is 30.6. The number of aryl methyl sites for hydroxylation is 1. The Kier molecular flexibility index (Phi) is 4.75. The lowest BCUT2D eigenvalue weighted by molar-refractivity contribution is -0.120. The Morgan fingerprint density at radius 2 is 2.28 bits per heavy atom. The van der Waals surface area contributed by atoms with Crippen molar-refractivity contribution >= 4 is 11.7 Å². The molecule has 3 rings (SSSR count). The van der Waals surface area contributed by atoms with Crippen LogP contribution in [0.25, 0.3) is 17.4 Å². The molecule has 1 amide bonds. The van der Waals surface area contributed by atoms with Crippen LogP contribution in [0.4, 0.5) is 5.82 Å². The SMILES string of the molecule is CCOCC(=O)Nc1cc(-c2ccco2)nn1-c1nc(C)cc(=O)[nH]1. The molecule has 0 atom stereocenters. The summed E-state index contributed by atoms with van der Waals surface area (Å²) in [6.07, 6.45) is 1.52. The second kappa shape index (κ2) is 7.14. The molecule has 0 aromatic carbocycles. The third kappa shape index (κ3) is 3.83. The van der Waals surface area contributed by atoms with Crippen molar-refractivity contribution in [2.75, 3.05) is 18.5 Å². The number of carbonyl (C=O) groups is 1. The smallest absolute Gasteiger partial charge is 0.252 e. The first kappa shape index (κ1) is 16.7. The van der Waals surface area contributed by atoms with E-state index in [2.05, 4.69) is 20.4 Å². The summed E-state index contributed by atoms with van der Waals surface area (Å²) in [6.45, 7) is 3.84. The standard InChI is InChI=1S/C16H17N5O4/c1-3-24-9-15(23)18-13-8-11(12-5-4-6-25-12)20-21(13)16-17-10(2)7-14(22)19-16/h4-8H,3,9H2,1-2H3,(H,18,23)(H,17,19,22). The van der Waals surface area contributed by atoms with Crippen LogP contribution in [-0.4, -0.2) is 38.9 Å². The average Bonchev–Trinajstić information content (AvgIpc) is 3.21. The van der Waals surface area contributed by atoms with E-state index in [1.165, 1.54) is 17.0 Å². The van der Waals surface area contributed by atoms with Gasteiger partial charge in [0.1, 0.15) is 18.1 Å². The lowest BCUT2D eigenvalue weighted by Gasteiger charge is -2.08. The van der Waals surface area contributed by atoms with Crippen LogP contribution in [0.1, 0.15) is 12.6 Å². The van der Waals surface area contributed by atoms with E-state index in [0.29, 0.717) is 29.6 Å². The van der Waals surface area contributed by atoms with Gasteiger partial charge in [0.05, 0.1) is 6.26 Å². The molecule has 0 spiro atoms. The molecule has 3 aromatic heterocycles. The number of H-pyrrole nitrogens is 1. The molecule has 3 heterocycles. The molecule has 2 N–H and O–H groups in total. The fraction of sp³-hybridized carbons (Fsp3) is 0.250. The molecule has 0 unspecified atom stereocenters. The largest absolute Gasteiger partial charge is 0.463 e. The molecule has 0 aliphatic carbocycles. The summed E-state index contributed by atoms with van der Waals surface area (Å²) in [5.74, 6) is 0.706. The van der Waals surface area contributed by atoms with Crippen molar-refractivity contribution in [2.45, 2.75) is 13.8 Å². The number of aromatic nitrogens is 4. The Balaban J connectivity index is 2.02. The van der Waals surface area contributed by atoms with Crippen LogP contribution >= 0.6 is 0 Å². The maximum atomic E-state index is 12.0. The molecule has 0 bridgehead atoms. The maximum Gasteiger partial charge on any atom is 0.252 e. The van der Waals surface area contributed by atoms with Gasteiger partial charge in [-0.05, 0) is 26.0 Å². The lowest BCUT2D eigenvalue weighted by atomic mass is 10.3. The Morgan fingerprint density at radius 3 is 2.96 bits per heavy atom. The molecule has 0 aliphatic rings. The van der Waals surface area contributed by atoms with E-state index < -0.39 is 0 Å². The normalized spacial score (nSPS) is 10.8. The molecule has 0 aliphatic heterocycles. The summed E-state index contributed by atoms with van der Waals surface area (Å²) in [5.41, 5.74) is 0.699. The minimum absolute atomic E-state index is 0.0878. The topological polar surface area (TPSA) is 115 Å². The van der Waals surface area contributed by atoms with Crippen LogP contribution in [-0.2, 0) is 9.53 Å². The van der Waals surface area contributed by atoms with Gasteiger partial charge in [-0.15, -0.1) is 0 Å². The number of anilines is 1. The van der Waals surface area contributed by atoms with Crippen molar-refractivity contribution in [1.82, 2.24) is 19.7 Å². The van der Waals surface area contributed by atoms with Gasteiger partial charge in [0.2, 0.25) is 5.95 Å². The summed E-state index contributed by atoms with van der Waals surface area (Å²) >= 11 is 0. The molecule has 0 saturated heterocycles. The molecule has 3 aromatic rings. The van der Waals surface area contributed by atoms with E-state index in [0.717, 1.165) is 0 Å². The molecular weight excluding hydrogens is 326 g/mol. The fourth-order valence-electron chi connectivity index (χ4n) is 2.21. The molecule has 130 valence electrons. The Labute approximate surface area is 142 Å². The molecule has 9 nitrogen and oxygen atoms in total. The van der Waals surface area contributed by atoms with E-state index in [-0.39, 0.29) is 24.0 Å². The van der Waals surface area contributed by atoms with Crippen LogP contribution in [0.3, 0.4) is 0 Å². The van der Waals surface area contributed by atoms with Crippen molar-refractivity contribution < 1.29 is 13.9 Å². The number of nitrogens with zero attached hydrogens (tertiary/aromatic N) is 3. The van der Waals surface area contributed by atoms with E-state index in [1.54, 1.807) is 32.0 Å². The summed E-state index contributed by atoms with van der Waals surface area (Å²) in [6, 6.07) is 6.47. The zero-order valence-electron chi connectivity index (χ0n) is 13.8. The quantitative estimate of drug-likeness (QED) is 0.701. The number of carbonyl (C=O) groups excluding carboxylic acids is 1. The van der Waals surface area contributed by atoms with Gasteiger partial charge in [-0.25, -0.2) is 4.98 Å². The highest BCUT2D eigenvalue weighted by Crippen LogP contribution is 2.23. The predicted octanol–water partition coefficient (Wildman–Crippen LogP) is 1.50. The second-order valence-corrected chi connectivity index (χ2v) is 5.20. The number of amides is 1. The number of nitrogens with one attached hydrogen (secondary N) is 2. The highest BCUT2D eigenvalue weighted by molar-refractivity contribution is 5.91. The van der Waals surface area contributed by atoms with Crippen molar-refractivity contribution in [3.8, 4) is 17.4 Å². The van der Waals surface area contributed by atoms with E-state index in [4.69, 9.17) is 9.15 Å². The molecular formula is C16H17N5O4. The first-order valence-corrected chi connectivity index (χ1v) is 7.66. The number of furan rings is 1. The van der Waals surface area contributed by atoms with Crippen molar-refractivity contribution in [3.63, 3.8) is 0 Å². The Hall–Kier alpha value is -3.20. The molecule has 9 heteroatoms. The zero-order chi connectivity index (χ0) is 17.8. The summed E-state index contributed by atoms with van der Waals surface area (Å²) < 4.78 is 11.8. The third-order valence-electron chi connectivity index (χ3n) is 3.25. The van der Waals surface area contributed by atoms with E-state index >= 15 is 0 Å². The van der Waals surface area contributed by atoms with Crippen LogP contribution in [0.5, 0.6) is 0 Å². The van der Waals surface area contributed by atoms with Crippen LogP contribution < -0.4 is 10.9 Å².